The Labute approximate surface area is 123 Å². The zero-order valence-corrected chi connectivity index (χ0v) is 12.5. The van der Waals surface area contributed by atoms with E-state index in [1.165, 1.54) is 6.26 Å². The zero-order valence-electron chi connectivity index (χ0n) is 11.0. The second-order valence-electron chi connectivity index (χ2n) is 4.74. The van der Waals surface area contributed by atoms with E-state index < -0.39 is 10.8 Å². The van der Waals surface area contributed by atoms with E-state index in [9.17, 15) is 4.21 Å². The molecule has 0 spiro atoms. The predicted molar refractivity (Wildman–Crippen MR) is 77.3 cm³/mol. The van der Waals surface area contributed by atoms with Crippen LogP contribution in [0.2, 0.25) is 5.15 Å². The Morgan fingerprint density at radius 2 is 2.05 bits per heavy atom. The standard InChI is InChI=1S/C12H14ClN5OS/c1-20(19)12-15-6-8-9(17-12)10(13)18-11(16-8)7-2-4-14-5-3-7/h6-7,14H,2-5H2,1H3. The molecular formula is C12H14ClN5OS. The number of hydrogen-bond acceptors (Lipinski definition) is 6. The first-order valence-corrected chi connectivity index (χ1v) is 8.33. The first-order valence-electron chi connectivity index (χ1n) is 6.39. The molecular weight excluding hydrogens is 298 g/mol. The monoisotopic (exact) mass is 311 g/mol. The molecule has 1 saturated heterocycles. The van der Waals surface area contributed by atoms with Gasteiger partial charge in [-0.3, -0.25) is 4.21 Å². The summed E-state index contributed by atoms with van der Waals surface area (Å²) in [6.07, 6.45) is 5.09. The highest BCUT2D eigenvalue weighted by atomic mass is 35.5. The molecule has 0 saturated carbocycles. The Hall–Kier alpha value is -1.18. The van der Waals surface area contributed by atoms with E-state index >= 15 is 0 Å². The number of aromatic nitrogens is 4. The van der Waals surface area contributed by atoms with Crippen LogP contribution in [0.25, 0.3) is 11.0 Å². The summed E-state index contributed by atoms with van der Waals surface area (Å²) in [4.78, 5) is 17.1. The van der Waals surface area contributed by atoms with Crippen molar-refractivity contribution in [2.24, 2.45) is 0 Å². The minimum atomic E-state index is -1.25. The number of piperidine rings is 1. The molecule has 0 bridgehead atoms. The van der Waals surface area contributed by atoms with Gasteiger partial charge in [0.1, 0.15) is 16.9 Å². The molecule has 0 aromatic carbocycles. The quantitative estimate of drug-likeness (QED) is 0.664. The molecule has 106 valence electrons. The molecule has 1 N–H and O–H groups in total. The van der Waals surface area contributed by atoms with Gasteiger partial charge in [0, 0.05) is 12.2 Å². The molecule has 2 aromatic rings. The third-order valence-corrected chi connectivity index (χ3v) is 4.33. The minimum absolute atomic E-state index is 0.248. The van der Waals surface area contributed by atoms with Gasteiger partial charge in [0.15, 0.2) is 5.15 Å². The maximum absolute atomic E-state index is 11.4. The average Bonchev–Trinajstić information content (AvgIpc) is 2.47. The third-order valence-electron chi connectivity index (χ3n) is 3.35. The number of nitrogens with zero attached hydrogens (tertiary/aromatic N) is 4. The SMILES string of the molecule is CS(=O)c1ncc2nc(C3CCNCC3)nc(Cl)c2n1. The summed E-state index contributed by atoms with van der Waals surface area (Å²) in [6, 6.07) is 0. The first-order chi connectivity index (χ1) is 9.65. The van der Waals surface area contributed by atoms with Crippen LogP contribution in [0, 0.1) is 0 Å². The van der Waals surface area contributed by atoms with Crippen LogP contribution < -0.4 is 5.32 Å². The van der Waals surface area contributed by atoms with Gasteiger partial charge in [0.2, 0.25) is 5.16 Å². The highest BCUT2D eigenvalue weighted by Gasteiger charge is 2.20. The Morgan fingerprint density at radius 1 is 1.30 bits per heavy atom. The van der Waals surface area contributed by atoms with E-state index in [-0.39, 0.29) is 5.16 Å². The molecule has 1 aliphatic rings. The molecule has 3 rings (SSSR count). The highest BCUT2D eigenvalue weighted by Crippen LogP contribution is 2.26. The smallest absolute Gasteiger partial charge is 0.218 e. The molecule has 6 nitrogen and oxygen atoms in total. The maximum atomic E-state index is 11.4. The van der Waals surface area contributed by atoms with Gasteiger partial charge < -0.3 is 5.32 Å². The zero-order chi connectivity index (χ0) is 14.1. The Balaban J connectivity index is 2.05. The van der Waals surface area contributed by atoms with Crippen molar-refractivity contribution in [1.29, 1.82) is 0 Å². The largest absolute Gasteiger partial charge is 0.317 e. The van der Waals surface area contributed by atoms with Crippen LogP contribution >= 0.6 is 11.6 Å². The second kappa shape index (κ2) is 5.67. The number of fused-ring (bicyclic) bond motifs is 1. The summed E-state index contributed by atoms with van der Waals surface area (Å²) in [5.74, 6) is 1.07. The van der Waals surface area contributed by atoms with Crippen LogP contribution in [0.15, 0.2) is 11.4 Å². The molecule has 2 aromatic heterocycles. The Kier molecular flexibility index (Phi) is 3.91. The lowest BCUT2D eigenvalue weighted by Crippen LogP contribution is -2.27. The van der Waals surface area contributed by atoms with E-state index in [0.717, 1.165) is 31.8 Å². The molecule has 1 unspecified atom stereocenters. The topological polar surface area (TPSA) is 80.7 Å². The van der Waals surface area contributed by atoms with Crippen molar-refractivity contribution in [3.63, 3.8) is 0 Å². The average molecular weight is 312 g/mol. The third kappa shape index (κ3) is 2.65. The van der Waals surface area contributed by atoms with E-state index in [0.29, 0.717) is 22.1 Å². The fourth-order valence-electron chi connectivity index (χ4n) is 2.30. The van der Waals surface area contributed by atoms with Crippen LogP contribution in [0.1, 0.15) is 24.6 Å². The van der Waals surface area contributed by atoms with Gasteiger partial charge in [-0.05, 0) is 25.9 Å². The lowest BCUT2D eigenvalue weighted by molar-refractivity contribution is 0.446. The molecule has 0 aliphatic carbocycles. The van der Waals surface area contributed by atoms with Gasteiger partial charge in [0.25, 0.3) is 0 Å². The van der Waals surface area contributed by atoms with Gasteiger partial charge in [0.05, 0.1) is 17.0 Å². The van der Waals surface area contributed by atoms with Crippen LogP contribution in [-0.4, -0.2) is 43.5 Å². The minimum Gasteiger partial charge on any atom is -0.317 e. The summed E-state index contributed by atoms with van der Waals surface area (Å²) >= 11 is 6.20. The number of halogens is 1. The molecule has 1 atom stereocenters. The molecule has 0 radical (unpaired) electrons. The van der Waals surface area contributed by atoms with Crippen LogP contribution in [0.3, 0.4) is 0 Å². The summed E-state index contributed by atoms with van der Waals surface area (Å²) in [6.45, 7) is 1.93. The summed E-state index contributed by atoms with van der Waals surface area (Å²) in [5.41, 5.74) is 1.07. The van der Waals surface area contributed by atoms with Crippen molar-refractivity contribution in [1.82, 2.24) is 25.3 Å². The number of nitrogens with one attached hydrogen (secondary N) is 1. The Bertz CT molecular complexity index is 674. The molecule has 8 heteroatoms. The van der Waals surface area contributed by atoms with Crippen LogP contribution in [-0.2, 0) is 10.8 Å². The molecule has 20 heavy (non-hydrogen) atoms. The lowest BCUT2D eigenvalue weighted by atomic mass is 9.97. The van der Waals surface area contributed by atoms with Crippen molar-refractivity contribution in [2.75, 3.05) is 19.3 Å². The van der Waals surface area contributed by atoms with Crippen molar-refractivity contribution in [3.05, 3.63) is 17.2 Å². The van der Waals surface area contributed by atoms with Crippen molar-refractivity contribution < 1.29 is 4.21 Å². The Morgan fingerprint density at radius 3 is 2.75 bits per heavy atom. The van der Waals surface area contributed by atoms with Crippen molar-refractivity contribution in [3.8, 4) is 0 Å². The van der Waals surface area contributed by atoms with Crippen molar-refractivity contribution >= 4 is 33.4 Å². The lowest BCUT2D eigenvalue weighted by Gasteiger charge is -2.21. The van der Waals surface area contributed by atoms with Gasteiger partial charge in [-0.15, -0.1) is 0 Å². The molecule has 0 amide bonds. The number of rotatable bonds is 2. The van der Waals surface area contributed by atoms with Gasteiger partial charge in [-0.2, -0.15) is 0 Å². The number of hydrogen-bond donors (Lipinski definition) is 1. The summed E-state index contributed by atoms with van der Waals surface area (Å²) in [7, 11) is -1.25. The summed E-state index contributed by atoms with van der Waals surface area (Å²) in [5, 5.41) is 3.86. The molecule has 3 heterocycles. The van der Waals surface area contributed by atoms with E-state index in [1.54, 1.807) is 6.20 Å². The van der Waals surface area contributed by atoms with E-state index in [1.807, 2.05) is 0 Å². The van der Waals surface area contributed by atoms with Crippen molar-refractivity contribution in [2.45, 2.75) is 23.9 Å². The van der Waals surface area contributed by atoms with Crippen LogP contribution in [0.4, 0.5) is 0 Å². The van der Waals surface area contributed by atoms with E-state index in [2.05, 4.69) is 25.3 Å². The highest BCUT2D eigenvalue weighted by molar-refractivity contribution is 7.84. The molecule has 1 aliphatic heterocycles. The fraction of sp³-hybridized carbons (Fsp3) is 0.500. The fourth-order valence-corrected chi connectivity index (χ4v) is 2.94. The van der Waals surface area contributed by atoms with Gasteiger partial charge in [-0.25, -0.2) is 19.9 Å². The predicted octanol–water partition coefficient (Wildman–Crippen LogP) is 1.28. The maximum Gasteiger partial charge on any atom is 0.218 e. The molecule has 1 fully saturated rings. The second-order valence-corrected chi connectivity index (χ2v) is 6.37. The summed E-state index contributed by atoms with van der Waals surface area (Å²) < 4.78 is 11.4. The normalized spacial score (nSPS) is 18.3. The first kappa shape index (κ1) is 13.8. The van der Waals surface area contributed by atoms with Gasteiger partial charge in [-0.1, -0.05) is 11.6 Å². The van der Waals surface area contributed by atoms with E-state index in [4.69, 9.17) is 11.6 Å². The van der Waals surface area contributed by atoms with Gasteiger partial charge >= 0.3 is 0 Å². The van der Waals surface area contributed by atoms with Crippen LogP contribution in [0.5, 0.6) is 0 Å².